The van der Waals surface area contributed by atoms with Crippen LogP contribution in [0.4, 0.5) is 4.39 Å². The molecule has 1 heterocycles. The van der Waals surface area contributed by atoms with Gasteiger partial charge in [-0.25, -0.2) is 9.82 Å². The van der Waals surface area contributed by atoms with Gasteiger partial charge in [-0.1, -0.05) is 30.3 Å². The molecular formula is C19H15FN2O3. The Labute approximate surface area is 143 Å². The molecule has 1 amide bonds. The summed E-state index contributed by atoms with van der Waals surface area (Å²) in [4.78, 5) is 11.9. The van der Waals surface area contributed by atoms with Crippen LogP contribution in [0.3, 0.4) is 0 Å². The molecule has 1 atom stereocenters. The summed E-state index contributed by atoms with van der Waals surface area (Å²) in [7, 11) is 0. The second kappa shape index (κ2) is 7.55. The Bertz CT molecular complexity index is 873. The summed E-state index contributed by atoms with van der Waals surface area (Å²) < 4.78 is 18.5. The van der Waals surface area contributed by atoms with E-state index >= 15 is 0 Å². The van der Waals surface area contributed by atoms with Gasteiger partial charge in [-0.15, -0.1) is 0 Å². The van der Waals surface area contributed by atoms with Crippen molar-refractivity contribution in [2.45, 2.75) is 6.10 Å². The quantitative estimate of drug-likeness (QED) is 0.554. The highest BCUT2D eigenvalue weighted by Crippen LogP contribution is 2.21. The maximum atomic E-state index is 12.9. The van der Waals surface area contributed by atoms with Crippen molar-refractivity contribution >= 4 is 12.1 Å². The average molecular weight is 338 g/mol. The van der Waals surface area contributed by atoms with Gasteiger partial charge in [-0.05, 0) is 42.0 Å². The zero-order valence-corrected chi connectivity index (χ0v) is 13.1. The van der Waals surface area contributed by atoms with E-state index in [4.69, 9.17) is 4.42 Å². The highest BCUT2D eigenvalue weighted by atomic mass is 19.1. The van der Waals surface area contributed by atoms with Crippen LogP contribution < -0.4 is 5.43 Å². The monoisotopic (exact) mass is 338 g/mol. The van der Waals surface area contributed by atoms with Crippen LogP contribution in [0.15, 0.2) is 76.2 Å². The lowest BCUT2D eigenvalue weighted by atomic mass is 10.1. The Balaban J connectivity index is 1.61. The van der Waals surface area contributed by atoms with E-state index in [9.17, 15) is 14.3 Å². The maximum Gasteiger partial charge on any atom is 0.273 e. The molecule has 2 N–H and O–H groups in total. The molecule has 0 aliphatic heterocycles. The number of carbonyl (C=O) groups excluding carboxylic acids is 1. The van der Waals surface area contributed by atoms with Crippen molar-refractivity contribution in [2.75, 3.05) is 0 Å². The van der Waals surface area contributed by atoms with Crippen LogP contribution in [0, 0.1) is 5.82 Å². The first-order valence-corrected chi connectivity index (χ1v) is 7.55. The number of hydrogen-bond acceptors (Lipinski definition) is 4. The number of amides is 1. The molecule has 0 bridgehead atoms. The summed E-state index contributed by atoms with van der Waals surface area (Å²) in [6.07, 6.45) is 0.0209. The van der Waals surface area contributed by atoms with Gasteiger partial charge in [0.15, 0.2) is 6.10 Å². The molecule has 0 saturated heterocycles. The lowest BCUT2D eigenvalue weighted by Crippen LogP contribution is -2.25. The lowest BCUT2D eigenvalue weighted by Gasteiger charge is -2.08. The van der Waals surface area contributed by atoms with Crippen LogP contribution in [0.2, 0.25) is 0 Å². The van der Waals surface area contributed by atoms with E-state index in [1.54, 1.807) is 54.6 Å². The van der Waals surface area contributed by atoms with Crippen LogP contribution in [0.1, 0.15) is 17.4 Å². The number of hydrogen-bond donors (Lipinski definition) is 2. The van der Waals surface area contributed by atoms with Crippen LogP contribution in [0.25, 0.3) is 11.3 Å². The fourth-order valence-corrected chi connectivity index (χ4v) is 2.20. The molecule has 1 unspecified atom stereocenters. The van der Waals surface area contributed by atoms with Gasteiger partial charge in [-0.3, -0.25) is 4.79 Å². The molecular weight excluding hydrogens is 323 g/mol. The van der Waals surface area contributed by atoms with Crippen molar-refractivity contribution in [1.82, 2.24) is 5.43 Å². The second-order valence-corrected chi connectivity index (χ2v) is 5.26. The predicted octanol–water partition coefficient (Wildman–Crippen LogP) is 3.27. The smallest absolute Gasteiger partial charge is 0.273 e. The Kier molecular flexibility index (Phi) is 5.01. The summed E-state index contributed by atoms with van der Waals surface area (Å²) in [5.74, 6) is -0.00420. The van der Waals surface area contributed by atoms with E-state index < -0.39 is 12.0 Å². The topological polar surface area (TPSA) is 74.8 Å². The first-order valence-electron chi connectivity index (χ1n) is 7.55. The SMILES string of the molecule is O=C(N/N=C/c1ccc(-c2ccc(F)cc2)o1)C(O)c1ccccc1. The van der Waals surface area contributed by atoms with Crippen molar-refractivity contribution in [3.8, 4) is 11.3 Å². The number of aliphatic hydroxyl groups excluding tert-OH is 1. The molecule has 0 saturated carbocycles. The molecule has 6 heteroatoms. The largest absolute Gasteiger partial charge is 0.455 e. The molecule has 25 heavy (non-hydrogen) atoms. The van der Waals surface area contributed by atoms with Crippen molar-refractivity contribution in [1.29, 1.82) is 0 Å². The van der Waals surface area contributed by atoms with E-state index in [-0.39, 0.29) is 5.82 Å². The van der Waals surface area contributed by atoms with E-state index in [1.165, 1.54) is 18.3 Å². The highest BCUT2D eigenvalue weighted by molar-refractivity contribution is 5.84. The fraction of sp³-hybridized carbons (Fsp3) is 0.0526. The third-order valence-corrected chi connectivity index (χ3v) is 3.49. The number of nitrogens with zero attached hydrogens (tertiary/aromatic N) is 1. The predicted molar refractivity (Wildman–Crippen MR) is 91.2 cm³/mol. The van der Waals surface area contributed by atoms with E-state index in [0.29, 0.717) is 17.1 Å². The van der Waals surface area contributed by atoms with Crippen molar-refractivity contribution in [3.63, 3.8) is 0 Å². The summed E-state index contributed by atoms with van der Waals surface area (Å²) in [6, 6.07) is 17.8. The zero-order chi connectivity index (χ0) is 17.6. The molecule has 126 valence electrons. The summed E-state index contributed by atoms with van der Waals surface area (Å²) >= 11 is 0. The van der Waals surface area contributed by atoms with E-state index in [2.05, 4.69) is 10.5 Å². The molecule has 3 rings (SSSR count). The maximum absolute atomic E-state index is 12.9. The summed E-state index contributed by atoms with van der Waals surface area (Å²) in [5, 5.41) is 13.7. The normalized spacial score (nSPS) is 12.2. The fourth-order valence-electron chi connectivity index (χ4n) is 2.20. The first-order chi connectivity index (χ1) is 12.1. The van der Waals surface area contributed by atoms with Crippen LogP contribution in [0.5, 0.6) is 0 Å². The van der Waals surface area contributed by atoms with Gasteiger partial charge in [0.1, 0.15) is 17.3 Å². The van der Waals surface area contributed by atoms with Crippen molar-refractivity contribution in [2.24, 2.45) is 5.10 Å². The minimum absolute atomic E-state index is 0.322. The highest BCUT2D eigenvalue weighted by Gasteiger charge is 2.16. The van der Waals surface area contributed by atoms with E-state index in [0.717, 1.165) is 5.56 Å². The van der Waals surface area contributed by atoms with Gasteiger partial charge in [0.2, 0.25) is 0 Å². The first kappa shape index (κ1) is 16.6. The Morgan fingerprint density at radius 3 is 2.52 bits per heavy atom. The third-order valence-electron chi connectivity index (χ3n) is 3.49. The van der Waals surface area contributed by atoms with Crippen LogP contribution in [-0.4, -0.2) is 17.2 Å². The number of nitrogens with one attached hydrogen (secondary N) is 1. The molecule has 0 aliphatic rings. The molecule has 2 aromatic carbocycles. The Hall–Kier alpha value is -3.25. The molecule has 3 aromatic rings. The van der Waals surface area contributed by atoms with Gasteiger partial charge in [-0.2, -0.15) is 5.10 Å². The molecule has 0 fully saturated rings. The number of furan rings is 1. The molecule has 1 aromatic heterocycles. The zero-order valence-electron chi connectivity index (χ0n) is 13.1. The van der Waals surface area contributed by atoms with Crippen LogP contribution >= 0.6 is 0 Å². The number of halogens is 1. The minimum Gasteiger partial charge on any atom is -0.455 e. The van der Waals surface area contributed by atoms with Gasteiger partial charge >= 0.3 is 0 Å². The number of hydrazone groups is 1. The molecule has 5 nitrogen and oxygen atoms in total. The number of benzene rings is 2. The lowest BCUT2D eigenvalue weighted by molar-refractivity contribution is -0.129. The number of aliphatic hydroxyl groups is 1. The van der Waals surface area contributed by atoms with Crippen LogP contribution in [-0.2, 0) is 4.79 Å². The molecule has 0 aliphatic carbocycles. The average Bonchev–Trinajstić information content (AvgIpc) is 3.11. The minimum atomic E-state index is -1.30. The Morgan fingerprint density at radius 2 is 1.80 bits per heavy atom. The van der Waals surface area contributed by atoms with Crippen molar-refractivity contribution < 1.29 is 18.7 Å². The van der Waals surface area contributed by atoms with Crippen molar-refractivity contribution in [3.05, 3.63) is 83.9 Å². The number of carbonyl (C=O) groups is 1. The standard InChI is InChI=1S/C19H15FN2O3/c20-15-8-6-13(7-9-15)17-11-10-16(25-17)12-21-22-19(24)18(23)14-4-2-1-3-5-14/h1-12,18,23H,(H,22,24)/b21-12+. The summed E-state index contributed by atoms with van der Waals surface area (Å²) in [6.45, 7) is 0. The third kappa shape index (κ3) is 4.19. The molecule has 0 spiro atoms. The van der Waals surface area contributed by atoms with Gasteiger partial charge in [0.25, 0.3) is 5.91 Å². The van der Waals surface area contributed by atoms with Gasteiger partial charge < -0.3 is 9.52 Å². The summed E-state index contributed by atoms with van der Waals surface area (Å²) in [5.41, 5.74) is 3.46. The number of rotatable bonds is 5. The van der Waals surface area contributed by atoms with E-state index in [1.807, 2.05) is 0 Å². The van der Waals surface area contributed by atoms with Gasteiger partial charge in [0, 0.05) is 5.56 Å². The van der Waals surface area contributed by atoms with Gasteiger partial charge in [0.05, 0.1) is 6.21 Å². The Morgan fingerprint density at radius 1 is 1.08 bits per heavy atom. The second-order valence-electron chi connectivity index (χ2n) is 5.26. The molecule has 0 radical (unpaired) electrons.